The van der Waals surface area contributed by atoms with Crippen LogP contribution in [0.25, 0.3) is 5.65 Å². The first kappa shape index (κ1) is 16.4. The Hall–Kier alpha value is -1.95. The number of nitrogens with zero attached hydrogens (tertiary/aromatic N) is 4. The Kier molecular flexibility index (Phi) is 4.51. The molecule has 0 fully saturated rings. The van der Waals surface area contributed by atoms with Crippen molar-refractivity contribution < 1.29 is 4.79 Å². The van der Waals surface area contributed by atoms with E-state index in [1.54, 1.807) is 10.7 Å². The summed E-state index contributed by atoms with van der Waals surface area (Å²) in [6.45, 7) is 9.65. The fourth-order valence-corrected chi connectivity index (χ4v) is 2.76. The average molecular weight is 303 g/mol. The third-order valence-electron chi connectivity index (χ3n) is 3.49. The molecule has 6 nitrogen and oxygen atoms in total. The SMILES string of the molecule is Cc1cc(C)n2ncc(C(=O)NCC(C)(C)CN(C)C)c2n1. The summed E-state index contributed by atoms with van der Waals surface area (Å²) in [6.07, 6.45) is 1.59. The van der Waals surface area contributed by atoms with Gasteiger partial charge in [-0.1, -0.05) is 13.8 Å². The van der Waals surface area contributed by atoms with Crippen molar-refractivity contribution in [2.75, 3.05) is 27.2 Å². The van der Waals surface area contributed by atoms with Gasteiger partial charge >= 0.3 is 0 Å². The smallest absolute Gasteiger partial charge is 0.256 e. The van der Waals surface area contributed by atoms with Crippen LogP contribution in [0.1, 0.15) is 35.6 Å². The molecule has 0 atom stereocenters. The van der Waals surface area contributed by atoms with Crippen LogP contribution in [-0.4, -0.2) is 52.6 Å². The lowest BCUT2D eigenvalue weighted by molar-refractivity contribution is 0.0930. The molecule has 1 N–H and O–H groups in total. The number of aryl methyl sites for hydroxylation is 2. The number of hydrogen-bond acceptors (Lipinski definition) is 4. The summed E-state index contributed by atoms with van der Waals surface area (Å²) in [5, 5.41) is 7.26. The van der Waals surface area contributed by atoms with Crippen LogP contribution in [0.2, 0.25) is 0 Å². The van der Waals surface area contributed by atoms with Gasteiger partial charge in [-0.25, -0.2) is 9.50 Å². The number of carbonyl (C=O) groups is 1. The maximum Gasteiger partial charge on any atom is 0.256 e. The Morgan fingerprint density at radius 2 is 2.05 bits per heavy atom. The molecule has 2 rings (SSSR count). The van der Waals surface area contributed by atoms with Gasteiger partial charge in [0.15, 0.2) is 5.65 Å². The maximum atomic E-state index is 12.5. The minimum absolute atomic E-state index is 0.00138. The molecule has 0 bridgehead atoms. The van der Waals surface area contributed by atoms with E-state index in [9.17, 15) is 4.79 Å². The number of hydrogen-bond donors (Lipinski definition) is 1. The Labute approximate surface area is 131 Å². The summed E-state index contributed by atoms with van der Waals surface area (Å²) in [6, 6.07) is 1.95. The molecule has 1 amide bonds. The van der Waals surface area contributed by atoms with Crippen molar-refractivity contribution in [3.05, 3.63) is 29.2 Å². The predicted octanol–water partition coefficient (Wildman–Crippen LogP) is 1.66. The van der Waals surface area contributed by atoms with Crippen molar-refractivity contribution >= 4 is 11.6 Å². The van der Waals surface area contributed by atoms with Gasteiger partial charge in [-0.2, -0.15) is 5.10 Å². The van der Waals surface area contributed by atoms with E-state index in [4.69, 9.17) is 0 Å². The standard InChI is InChI=1S/C16H25N5O/c1-11-7-12(2)21-14(19-11)13(8-18-21)15(22)17-9-16(3,4)10-20(5)6/h7-8H,9-10H2,1-6H3,(H,17,22). The lowest BCUT2D eigenvalue weighted by atomic mass is 9.93. The first-order valence-electron chi connectivity index (χ1n) is 7.44. The van der Waals surface area contributed by atoms with Gasteiger partial charge in [-0.15, -0.1) is 0 Å². The zero-order chi connectivity index (χ0) is 16.5. The van der Waals surface area contributed by atoms with E-state index in [-0.39, 0.29) is 11.3 Å². The first-order chi connectivity index (χ1) is 10.2. The second-order valence-corrected chi connectivity index (χ2v) is 6.92. The van der Waals surface area contributed by atoms with Gasteiger partial charge in [0.05, 0.1) is 6.20 Å². The van der Waals surface area contributed by atoms with E-state index >= 15 is 0 Å². The zero-order valence-corrected chi connectivity index (χ0v) is 14.3. The largest absolute Gasteiger partial charge is 0.351 e. The van der Waals surface area contributed by atoms with Crippen molar-refractivity contribution in [1.82, 2.24) is 24.8 Å². The number of amides is 1. The summed E-state index contributed by atoms with van der Waals surface area (Å²) in [7, 11) is 4.06. The minimum Gasteiger partial charge on any atom is -0.351 e. The summed E-state index contributed by atoms with van der Waals surface area (Å²) >= 11 is 0. The third kappa shape index (κ3) is 3.62. The van der Waals surface area contributed by atoms with E-state index in [0.29, 0.717) is 17.8 Å². The van der Waals surface area contributed by atoms with Crippen LogP contribution in [0.3, 0.4) is 0 Å². The van der Waals surface area contributed by atoms with E-state index in [1.807, 2.05) is 34.0 Å². The highest BCUT2D eigenvalue weighted by atomic mass is 16.1. The van der Waals surface area contributed by atoms with Gasteiger partial charge < -0.3 is 10.2 Å². The molecule has 0 aromatic carbocycles. The molecule has 0 unspecified atom stereocenters. The molecule has 0 spiro atoms. The fraction of sp³-hybridized carbons (Fsp3) is 0.562. The summed E-state index contributed by atoms with van der Waals surface area (Å²) in [5.41, 5.74) is 2.98. The van der Waals surface area contributed by atoms with Crippen molar-refractivity contribution in [2.24, 2.45) is 5.41 Å². The molecule has 120 valence electrons. The van der Waals surface area contributed by atoms with Crippen molar-refractivity contribution in [2.45, 2.75) is 27.7 Å². The number of carbonyl (C=O) groups excluding carboxylic acids is 1. The topological polar surface area (TPSA) is 62.5 Å². The number of fused-ring (bicyclic) bond motifs is 1. The maximum absolute atomic E-state index is 12.5. The predicted molar refractivity (Wildman–Crippen MR) is 87.1 cm³/mol. The van der Waals surface area contributed by atoms with Gasteiger partial charge in [-0.3, -0.25) is 4.79 Å². The number of rotatable bonds is 5. The molecule has 0 saturated carbocycles. The second-order valence-electron chi connectivity index (χ2n) is 6.92. The molecule has 0 aliphatic rings. The second kappa shape index (κ2) is 6.04. The highest BCUT2D eigenvalue weighted by Crippen LogP contribution is 2.16. The number of nitrogens with one attached hydrogen (secondary N) is 1. The van der Waals surface area contributed by atoms with Crippen molar-refractivity contribution in [1.29, 1.82) is 0 Å². The van der Waals surface area contributed by atoms with Crippen molar-refractivity contribution in [3.63, 3.8) is 0 Å². The van der Waals surface area contributed by atoms with Gasteiger partial charge in [0.1, 0.15) is 5.56 Å². The van der Waals surface area contributed by atoms with Gasteiger partial charge in [-0.05, 0) is 39.4 Å². The molecular formula is C16H25N5O. The molecule has 2 aromatic heterocycles. The monoisotopic (exact) mass is 303 g/mol. The molecular weight excluding hydrogens is 278 g/mol. The van der Waals surface area contributed by atoms with Crippen LogP contribution < -0.4 is 5.32 Å². The number of aromatic nitrogens is 3. The van der Waals surface area contributed by atoms with Crippen LogP contribution in [-0.2, 0) is 0 Å². The molecule has 2 heterocycles. The van der Waals surface area contributed by atoms with Gasteiger partial charge in [0, 0.05) is 24.5 Å². The van der Waals surface area contributed by atoms with Crippen LogP contribution in [0.4, 0.5) is 0 Å². The third-order valence-corrected chi connectivity index (χ3v) is 3.49. The molecule has 0 aliphatic heterocycles. The van der Waals surface area contributed by atoms with Crippen LogP contribution >= 0.6 is 0 Å². The fourth-order valence-electron chi connectivity index (χ4n) is 2.76. The first-order valence-corrected chi connectivity index (χ1v) is 7.44. The van der Waals surface area contributed by atoms with Crippen LogP contribution in [0, 0.1) is 19.3 Å². The quantitative estimate of drug-likeness (QED) is 0.912. The normalized spacial score (nSPS) is 12.1. The van der Waals surface area contributed by atoms with E-state index < -0.39 is 0 Å². The van der Waals surface area contributed by atoms with E-state index in [0.717, 1.165) is 17.9 Å². The van der Waals surface area contributed by atoms with Gasteiger partial charge in [0.25, 0.3) is 5.91 Å². The molecule has 0 aliphatic carbocycles. The Bertz CT molecular complexity index is 687. The van der Waals surface area contributed by atoms with Crippen LogP contribution in [0.15, 0.2) is 12.3 Å². The highest BCUT2D eigenvalue weighted by Gasteiger charge is 2.22. The molecule has 0 saturated heterocycles. The average Bonchev–Trinajstić information content (AvgIpc) is 2.78. The Morgan fingerprint density at radius 1 is 1.36 bits per heavy atom. The molecule has 2 aromatic rings. The molecule has 0 radical (unpaired) electrons. The van der Waals surface area contributed by atoms with E-state index in [1.165, 1.54) is 0 Å². The highest BCUT2D eigenvalue weighted by molar-refractivity contribution is 5.99. The lowest BCUT2D eigenvalue weighted by Gasteiger charge is -2.28. The van der Waals surface area contributed by atoms with Crippen LogP contribution in [0.5, 0.6) is 0 Å². The summed E-state index contributed by atoms with van der Waals surface area (Å²) < 4.78 is 1.70. The minimum atomic E-state index is -0.126. The lowest BCUT2D eigenvalue weighted by Crippen LogP contribution is -2.40. The zero-order valence-electron chi connectivity index (χ0n) is 14.3. The molecule has 22 heavy (non-hydrogen) atoms. The molecule has 6 heteroatoms. The van der Waals surface area contributed by atoms with Crippen molar-refractivity contribution in [3.8, 4) is 0 Å². The Morgan fingerprint density at radius 3 is 2.68 bits per heavy atom. The van der Waals surface area contributed by atoms with E-state index in [2.05, 4.69) is 34.1 Å². The summed E-state index contributed by atoms with van der Waals surface area (Å²) in [4.78, 5) is 19.0. The van der Waals surface area contributed by atoms with Gasteiger partial charge in [0.2, 0.25) is 0 Å². The summed E-state index contributed by atoms with van der Waals surface area (Å²) in [5.74, 6) is -0.126. The Balaban J connectivity index is 2.17.